The predicted molar refractivity (Wildman–Crippen MR) is 157 cm³/mol. The van der Waals surface area contributed by atoms with Crippen LogP contribution in [0.5, 0.6) is 0 Å². The Balaban J connectivity index is 1.53. The summed E-state index contributed by atoms with van der Waals surface area (Å²) in [5, 5.41) is 17.3. The topological polar surface area (TPSA) is 91.3 Å². The van der Waals surface area contributed by atoms with Crippen LogP contribution >= 0.6 is 0 Å². The van der Waals surface area contributed by atoms with Crippen molar-refractivity contribution in [1.29, 1.82) is 0 Å². The number of carbonyl (C=O) groups is 2. The zero-order valence-corrected chi connectivity index (χ0v) is 23.9. The molecule has 1 aromatic carbocycles. The molecule has 2 atom stereocenters. The second-order valence-corrected chi connectivity index (χ2v) is 10.7. The van der Waals surface area contributed by atoms with E-state index in [0.717, 1.165) is 18.2 Å². The van der Waals surface area contributed by atoms with Gasteiger partial charge >= 0.3 is 0 Å². The molecule has 3 N–H and O–H groups in total. The monoisotopic (exact) mass is 525 g/mol. The van der Waals surface area contributed by atoms with Gasteiger partial charge in [-0.1, -0.05) is 128 Å². The predicted octanol–water partition coefficient (Wildman–Crippen LogP) is 7.09. The van der Waals surface area contributed by atoms with Crippen LogP contribution in [-0.2, 0) is 4.79 Å². The van der Waals surface area contributed by atoms with Crippen LogP contribution in [0.4, 0.5) is 0 Å². The van der Waals surface area contributed by atoms with Crippen molar-refractivity contribution in [2.75, 3.05) is 6.54 Å². The molecule has 1 aromatic heterocycles. The van der Waals surface area contributed by atoms with Gasteiger partial charge < -0.3 is 15.7 Å². The molecule has 0 aliphatic heterocycles. The Morgan fingerprint density at radius 1 is 0.789 bits per heavy atom. The standard InChI is InChI=1S/C32H51N3O3/c1-3-4-5-6-7-8-9-10-11-12-13-14-15-16-17-20-24-34-31(37)29(26(2)36)35-32(38)30-28-22-19-18-21-27(28)23-25-33-30/h18-19,21-23,25-26,29,36H,3-17,20,24H2,1-2H3,(H,34,37)(H,35,38)/t26-,29+/m1/s1. The number of amides is 2. The molecule has 0 saturated heterocycles. The summed E-state index contributed by atoms with van der Waals surface area (Å²) in [5.41, 5.74) is 0.249. The molecule has 0 spiro atoms. The summed E-state index contributed by atoms with van der Waals surface area (Å²) in [6.07, 6.45) is 21.5. The van der Waals surface area contributed by atoms with Gasteiger partial charge in [-0.15, -0.1) is 0 Å². The number of unbranched alkanes of at least 4 members (excludes halogenated alkanes) is 15. The van der Waals surface area contributed by atoms with E-state index in [0.29, 0.717) is 11.9 Å². The maximum atomic E-state index is 12.8. The molecule has 2 aromatic rings. The zero-order valence-electron chi connectivity index (χ0n) is 23.9. The Bertz CT molecular complexity index is 926. The van der Waals surface area contributed by atoms with Gasteiger partial charge in [0.05, 0.1) is 6.10 Å². The summed E-state index contributed by atoms with van der Waals surface area (Å²) in [6, 6.07) is 8.29. The van der Waals surface area contributed by atoms with Gasteiger partial charge in [-0.05, 0) is 24.8 Å². The molecule has 0 aliphatic carbocycles. The fourth-order valence-corrected chi connectivity index (χ4v) is 4.91. The second-order valence-electron chi connectivity index (χ2n) is 10.7. The molecule has 0 bridgehead atoms. The first-order valence-corrected chi connectivity index (χ1v) is 15.1. The molecule has 0 radical (unpaired) electrons. The number of rotatable bonds is 21. The van der Waals surface area contributed by atoms with E-state index in [2.05, 4.69) is 22.5 Å². The third-order valence-electron chi connectivity index (χ3n) is 7.27. The van der Waals surface area contributed by atoms with Crippen LogP contribution in [-0.4, -0.2) is 40.6 Å². The number of hydrogen-bond acceptors (Lipinski definition) is 4. The van der Waals surface area contributed by atoms with Gasteiger partial charge in [0.15, 0.2) is 0 Å². The van der Waals surface area contributed by atoms with Gasteiger partial charge in [-0.25, -0.2) is 0 Å². The Kier molecular flexibility index (Phi) is 16.4. The summed E-state index contributed by atoms with van der Waals surface area (Å²) in [6.45, 7) is 4.32. The fraction of sp³-hybridized carbons (Fsp3) is 0.656. The van der Waals surface area contributed by atoms with Crippen molar-refractivity contribution in [3.8, 4) is 0 Å². The first-order valence-electron chi connectivity index (χ1n) is 15.1. The molecule has 6 nitrogen and oxygen atoms in total. The Labute approximate surface area is 230 Å². The Morgan fingerprint density at radius 2 is 1.32 bits per heavy atom. The van der Waals surface area contributed by atoms with Crippen LogP contribution in [0.2, 0.25) is 0 Å². The number of nitrogens with zero attached hydrogens (tertiary/aromatic N) is 1. The summed E-state index contributed by atoms with van der Waals surface area (Å²) in [7, 11) is 0. The largest absolute Gasteiger partial charge is 0.391 e. The van der Waals surface area contributed by atoms with Crippen LogP contribution < -0.4 is 10.6 Å². The van der Waals surface area contributed by atoms with E-state index in [4.69, 9.17) is 0 Å². The lowest BCUT2D eigenvalue weighted by atomic mass is 10.0. The third kappa shape index (κ3) is 12.4. The summed E-state index contributed by atoms with van der Waals surface area (Å²) >= 11 is 0. The van der Waals surface area contributed by atoms with Crippen molar-refractivity contribution in [3.05, 3.63) is 42.2 Å². The highest BCUT2D eigenvalue weighted by molar-refractivity contribution is 6.06. The SMILES string of the molecule is CCCCCCCCCCCCCCCCCCNC(=O)[C@@H](NC(=O)c1nccc2ccccc12)[C@@H](C)O. The average Bonchev–Trinajstić information content (AvgIpc) is 2.92. The minimum atomic E-state index is -1.02. The van der Waals surface area contributed by atoms with E-state index in [-0.39, 0.29) is 11.6 Å². The van der Waals surface area contributed by atoms with Crippen LogP contribution in [0, 0.1) is 0 Å². The van der Waals surface area contributed by atoms with Gasteiger partial charge in [0, 0.05) is 18.1 Å². The molecule has 6 heteroatoms. The van der Waals surface area contributed by atoms with Crippen LogP contribution in [0.15, 0.2) is 36.5 Å². The van der Waals surface area contributed by atoms with Gasteiger partial charge in [-0.2, -0.15) is 0 Å². The number of fused-ring (bicyclic) bond motifs is 1. The number of hydrogen-bond donors (Lipinski definition) is 3. The molecule has 1 heterocycles. The zero-order chi connectivity index (χ0) is 27.4. The fourth-order valence-electron chi connectivity index (χ4n) is 4.91. The van der Waals surface area contributed by atoms with Crippen molar-refractivity contribution in [1.82, 2.24) is 15.6 Å². The summed E-state index contributed by atoms with van der Waals surface area (Å²) in [5.74, 6) is -0.834. The lowest BCUT2D eigenvalue weighted by Gasteiger charge is -2.21. The normalized spacial score (nSPS) is 12.8. The number of aliphatic hydroxyl groups is 1. The van der Waals surface area contributed by atoms with Crippen molar-refractivity contribution in [2.24, 2.45) is 0 Å². The maximum Gasteiger partial charge on any atom is 0.271 e. The van der Waals surface area contributed by atoms with Crippen LogP contribution in [0.3, 0.4) is 0 Å². The molecule has 212 valence electrons. The summed E-state index contributed by atoms with van der Waals surface area (Å²) in [4.78, 5) is 29.7. The number of nitrogens with one attached hydrogen (secondary N) is 2. The molecule has 38 heavy (non-hydrogen) atoms. The number of pyridine rings is 1. The van der Waals surface area contributed by atoms with E-state index in [1.54, 1.807) is 6.20 Å². The second kappa shape index (κ2) is 19.6. The van der Waals surface area contributed by atoms with E-state index < -0.39 is 18.1 Å². The van der Waals surface area contributed by atoms with Gasteiger partial charge in [0.1, 0.15) is 11.7 Å². The highest BCUT2D eigenvalue weighted by Crippen LogP contribution is 2.17. The third-order valence-corrected chi connectivity index (χ3v) is 7.27. The minimum absolute atomic E-state index is 0.249. The van der Waals surface area contributed by atoms with E-state index >= 15 is 0 Å². The molecular weight excluding hydrogens is 474 g/mol. The van der Waals surface area contributed by atoms with E-state index in [1.807, 2.05) is 30.3 Å². The lowest BCUT2D eigenvalue weighted by molar-refractivity contribution is -0.125. The molecule has 2 amide bonds. The van der Waals surface area contributed by atoms with Crippen molar-refractivity contribution >= 4 is 22.6 Å². The number of benzene rings is 1. The van der Waals surface area contributed by atoms with Gasteiger partial charge in [-0.3, -0.25) is 14.6 Å². The highest BCUT2D eigenvalue weighted by atomic mass is 16.3. The number of carbonyl (C=O) groups excluding carboxylic acids is 2. The first-order chi connectivity index (χ1) is 18.5. The average molecular weight is 526 g/mol. The van der Waals surface area contributed by atoms with Crippen molar-refractivity contribution in [3.63, 3.8) is 0 Å². The molecule has 0 saturated carbocycles. The Morgan fingerprint density at radius 3 is 1.87 bits per heavy atom. The lowest BCUT2D eigenvalue weighted by Crippen LogP contribution is -2.52. The van der Waals surface area contributed by atoms with Gasteiger partial charge in [0.25, 0.3) is 5.91 Å². The molecular formula is C32H51N3O3. The molecule has 0 unspecified atom stereocenters. The van der Waals surface area contributed by atoms with Crippen molar-refractivity contribution < 1.29 is 14.7 Å². The first kappa shape index (κ1) is 31.7. The number of aliphatic hydroxyl groups excluding tert-OH is 1. The van der Waals surface area contributed by atoms with Crippen LogP contribution in [0.25, 0.3) is 10.8 Å². The quantitative estimate of drug-likeness (QED) is 0.152. The molecule has 0 aliphatic rings. The summed E-state index contributed by atoms with van der Waals surface area (Å²) < 4.78 is 0. The smallest absolute Gasteiger partial charge is 0.271 e. The molecule has 2 rings (SSSR count). The van der Waals surface area contributed by atoms with Gasteiger partial charge in [0.2, 0.25) is 5.91 Å². The minimum Gasteiger partial charge on any atom is -0.391 e. The van der Waals surface area contributed by atoms with Crippen molar-refractivity contribution in [2.45, 2.75) is 129 Å². The van der Waals surface area contributed by atoms with E-state index in [1.165, 1.54) is 96.8 Å². The highest BCUT2D eigenvalue weighted by Gasteiger charge is 2.26. The van der Waals surface area contributed by atoms with Crippen LogP contribution in [0.1, 0.15) is 127 Å². The maximum absolute atomic E-state index is 12.8. The Hall–Kier alpha value is -2.47. The van der Waals surface area contributed by atoms with E-state index in [9.17, 15) is 14.7 Å². The molecule has 0 fully saturated rings. The number of aromatic nitrogens is 1.